The second-order valence-electron chi connectivity index (χ2n) is 6.54. The number of hydrogen-bond acceptors (Lipinski definition) is 1. The standard InChI is InChI=1S/C12H15FO.C10H12.C2H6/c1-7(9-3-4-9)10-5-6-11(14)8(2)12(10)13;1-3-9-5-7-10(4-2)8-6-9;1-2/h5-7,9,14H,3-4H2,1-2H3;3,5-8H,1,4H2,2H3;1-2H3. The molecule has 2 aromatic rings. The Morgan fingerprint density at radius 1 is 1.15 bits per heavy atom. The highest BCUT2D eigenvalue weighted by Gasteiger charge is 2.30. The van der Waals surface area contributed by atoms with Gasteiger partial charge in [-0.05, 0) is 60.8 Å². The van der Waals surface area contributed by atoms with E-state index in [-0.39, 0.29) is 17.5 Å². The van der Waals surface area contributed by atoms with E-state index in [4.69, 9.17) is 0 Å². The van der Waals surface area contributed by atoms with E-state index in [0.29, 0.717) is 11.5 Å². The van der Waals surface area contributed by atoms with Crippen molar-refractivity contribution in [2.75, 3.05) is 0 Å². The van der Waals surface area contributed by atoms with Gasteiger partial charge in [-0.15, -0.1) is 0 Å². The van der Waals surface area contributed by atoms with E-state index in [1.165, 1.54) is 24.0 Å². The van der Waals surface area contributed by atoms with Gasteiger partial charge in [-0.3, -0.25) is 0 Å². The molecule has 1 nitrogen and oxygen atoms in total. The molecule has 26 heavy (non-hydrogen) atoms. The first-order chi connectivity index (χ1) is 12.5. The average molecular weight is 357 g/mol. The third-order valence-corrected chi connectivity index (χ3v) is 4.83. The summed E-state index contributed by atoms with van der Waals surface area (Å²) in [5.74, 6) is 0.751. The number of halogens is 1. The lowest BCUT2D eigenvalue weighted by molar-refractivity contribution is 0.459. The fourth-order valence-corrected chi connectivity index (χ4v) is 2.79. The van der Waals surface area contributed by atoms with Gasteiger partial charge < -0.3 is 5.11 Å². The molecule has 0 aromatic heterocycles. The number of aromatic hydroxyl groups is 1. The molecule has 1 saturated carbocycles. The minimum Gasteiger partial charge on any atom is -0.508 e. The van der Waals surface area contributed by atoms with Crippen molar-refractivity contribution in [3.8, 4) is 5.75 Å². The summed E-state index contributed by atoms with van der Waals surface area (Å²) >= 11 is 0. The summed E-state index contributed by atoms with van der Waals surface area (Å²) in [6.45, 7) is 13.5. The smallest absolute Gasteiger partial charge is 0.133 e. The molecule has 0 aliphatic heterocycles. The summed E-state index contributed by atoms with van der Waals surface area (Å²) in [6, 6.07) is 11.7. The van der Waals surface area contributed by atoms with Gasteiger partial charge in [-0.2, -0.15) is 0 Å². The normalized spacial score (nSPS) is 13.6. The van der Waals surface area contributed by atoms with Crippen LogP contribution in [-0.4, -0.2) is 5.11 Å². The van der Waals surface area contributed by atoms with E-state index < -0.39 is 0 Å². The molecule has 0 radical (unpaired) electrons. The van der Waals surface area contributed by atoms with Crippen molar-refractivity contribution in [2.24, 2.45) is 5.92 Å². The molecular formula is C24H33FO. The molecule has 1 atom stereocenters. The first kappa shape index (κ1) is 22.0. The summed E-state index contributed by atoms with van der Waals surface area (Å²) in [4.78, 5) is 0. The highest BCUT2D eigenvalue weighted by Crippen LogP contribution is 2.43. The molecule has 1 N–H and O–H groups in total. The molecule has 1 aliphatic carbocycles. The fraction of sp³-hybridized carbons (Fsp3) is 0.417. The minimum atomic E-state index is -0.232. The minimum absolute atomic E-state index is 0.0502. The molecule has 0 bridgehead atoms. The summed E-state index contributed by atoms with van der Waals surface area (Å²) in [7, 11) is 0. The van der Waals surface area contributed by atoms with Gasteiger partial charge in [-0.25, -0.2) is 4.39 Å². The third-order valence-electron chi connectivity index (χ3n) is 4.83. The zero-order chi connectivity index (χ0) is 19.7. The topological polar surface area (TPSA) is 20.2 Å². The van der Waals surface area contributed by atoms with Gasteiger partial charge in [0.2, 0.25) is 0 Å². The van der Waals surface area contributed by atoms with Crippen molar-refractivity contribution >= 4 is 6.08 Å². The van der Waals surface area contributed by atoms with Crippen LogP contribution >= 0.6 is 0 Å². The van der Waals surface area contributed by atoms with Crippen LogP contribution < -0.4 is 0 Å². The molecule has 2 heteroatoms. The number of phenolic OH excluding ortho intramolecular Hbond substituents is 1. The van der Waals surface area contributed by atoms with Crippen LogP contribution in [0, 0.1) is 18.7 Å². The largest absolute Gasteiger partial charge is 0.508 e. The number of hydrogen-bond donors (Lipinski definition) is 1. The van der Waals surface area contributed by atoms with E-state index in [1.54, 1.807) is 19.1 Å². The van der Waals surface area contributed by atoms with Gasteiger partial charge in [0.1, 0.15) is 11.6 Å². The number of rotatable bonds is 4. The van der Waals surface area contributed by atoms with Gasteiger partial charge >= 0.3 is 0 Å². The maximum absolute atomic E-state index is 13.7. The van der Waals surface area contributed by atoms with Crippen LogP contribution in [0.25, 0.3) is 6.08 Å². The van der Waals surface area contributed by atoms with Crippen LogP contribution in [0.15, 0.2) is 43.0 Å². The van der Waals surface area contributed by atoms with Crippen LogP contribution in [-0.2, 0) is 6.42 Å². The van der Waals surface area contributed by atoms with Crippen molar-refractivity contribution in [3.05, 3.63) is 71.0 Å². The zero-order valence-electron chi connectivity index (χ0n) is 16.8. The Morgan fingerprint density at radius 2 is 1.73 bits per heavy atom. The predicted molar refractivity (Wildman–Crippen MR) is 111 cm³/mol. The van der Waals surface area contributed by atoms with Crippen LogP contribution in [0.5, 0.6) is 5.75 Å². The summed E-state index contributed by atoms with van der Waals surface area (Å²) in [5.41, 5.74) is 3.70. The Bertz CT molecular complexity index is 684. The van der Waals surface area contributed by atoms with Crippen LogP contribution in [0.3, 0.4) is 0 Å². The molecule has 0 heterocycles. The molecule has 1 unspecified atom stereocenters. The van der Waals surface area contributed by atoms with Crippen molar-refractivity contribution in [1.29, 1.82) is 0 Å². The molecule has 1 fully saturated rings. The second-order valence-corrected chi connectivity index (χ2v) is 6.54. The first-order valence-electron chi connectivity index (χ1n) is 9.67. The molecule has 142 valence electrons. The molecule has 0 saturated heterocycles. The van der Waals surface area contributed by atoms with Crippen molar-refractivity contribution in [2.45, 2.75) is 59.8 Å². The van der Waals surface area contributed by atoms with E-state index in [0.717, 1.165) is 12.0 Å². The maximum atomic E-state index is 13.7. The number of benzene rings is 2. The van der Waals surface area contributed by atoms with E-state index in [2.05, 4.69) is 44.7 Å². The SMILES string of the molecule is C=Cc1ccc(CC)cc1.CC.Cc1c(O)ccc(C(C)C2CC2)c1F. The van der Waals surface area contributed by atoms with Gasteiger partial charge in [0, 0.05) is 5.56 Å². The van der Waals surface area contributed by atoms with Crippen molar-refractivity contribution in [3.63, 3.8) is 0 Å². The molecule has 2 aromatic carbocycles. The van der Waals surface area contributed by atoms with Crippen LogP contribution in [0.2, 0.25) is 0 Å². The fourth-order valence-electron chi connectivity index (χ4n) is 2.79. The Balaban J connectivity index is 0.000000249. The average Bonchev–Trinajstić information content (AvgIpc) is 3.53. The maximum Gasteiger partial charge on any atom is 0.133 e. The summed E-state index contributed by atoms with van der Waals surface area (Å²) < 4.78 is 13.7. The van der Waals surface area contributed by atoms with Crippen molar-refractivity contribution in [1.82, 2.24) is 0 Å². The van der Waals surface area contributed by atoms with E-state index >= 15 is 0 Å². The number of aryl methyl sites for hydroxylation is 1. The van der Waals surface area contributed by atoms with Gasteiger partial charge in [0.15, 0.2) is 0 Å². The lowest BCUT2D eigenvalue weighted by atomic mass is 9.94. The third kappa shape index (κ3) is 6.01. The lowest BCUT2D eigenvalue weighted by Gasteiger charge is -2.13. The summed E-state index contributed by atoms with van der Waals surface area (Å²) in [6.07, 6.45) is 5.39. The Labute approximate surface area is 158 Å². The Morgan fingerprint density at radius 3 is 2.19 bits per heavy atom. The molecular weight excluding hydrogens is 323 g/mol. The first-order valence-corrected chi connectivity index (χ1v) is 9.67. The Kier molecular flexibility index (Phi) is 9.12. The van der Waals surface area contributed by atoms with Gasteiger partial charge in [-0.1, -0.05) is 70.7 Å². The highest BCUT2D eigenvalue weighted by molar-refractivity contribution is 5.47. The predicted octanol–water partition coefficient (Wildman–Crippen LogP) is 7.27. The monoisotopic (exact) mass is 356 g/mol. The molecule has 0 amide bonds. The molecule has 1 aliphatic rings. The summed E-state index contributed by atoms with van der Waals surface area (Å²) in [5, 5.41) is 9.32. The molecule has 3 rings (SSSR count). The lowest BCUT2D eigenvalue weighted by Crippen LogP contribution is -2.01. The quantitative estimate of drug-likeness (QED) is 0.610. The van der Waals surface area contributed by atoms with E-state index in [1.807, 2.05) is 19.9 Å². The second kappa shape index (κ2) is 10.8. The molecule has 0 spiro atoms. The zero-order valence-corrected chi connectivity index (χ0v) is 16.8. The van der Waals surface area contributed by atoms with E-state index in [9.17, 15) is 9.50 Å². The Hall–Kier alpha value is -2.09. The number of phenols is 1. The van der Waals surface area contributed by atoms with Crippen LogP contribution in [0.1, 0.15) is 68.7 Å². The van der Waals surface area contributed by atoms with Crippen LogP contribution in [0.4, 0.5) is 4.39 Å². The van der Waals surface area contributed by atoms with Gasteiger partial charge in [0.25, 0.3) is 0 Å². The highest BCUT2D eigenvalue weighted by atomic mass is 19.1. The van der Waals surface area contributed by atoms with Gasteiger partial charge in [0.05, 0.1) is 0 Å². The van der Waals surface area contributed by atoms with Crippen molar-refractivity contribution < 1.29 is 9.50 Å².